The Kier molecular flexibility index (Phi) is 5.75. The fraction of sp³-hybridized carbons (Fsp3) is 0.458. The van der Waals surface area contributed by atoms with Gasteiger partial charge in [0.1, 0.15) is 24.1 Å². The van der Waals surface area contributed by atoms with Crippen molar-refractivity contribution in [3.05, 3.63) is 59.2 Å². The molecular weight excluding hydrogens is 428 g/mol. The smallest absolute Gasteiger partial charge is 0.335 e. The minimum Gasteiger partial charge on any atom is -0.479 e. The summed E-state index contributed by atoms with van der Waals surface area (Å²) in [5.74, 6) is -1.05. The fourth-order valence-corrected chi connectivity index (χ4v) is 5.04. The molecule has 9 nitrogen and oxygen atoms in total. The number of aliphatic carboxylic acids is 1. The number of carboxylic acids is 1. The SMILES string of the molecule is CN1CCN2c3ccccc3Cc3cc(O[C@@H]4O[C@H](C(=O)O)[C@@H](O)[C@H](O)[C@H]4O)ccc3[C@@H]2C1. The van der Waals surface area contributed by atoms with E-state index in [2.05, 4.69) is 35.0 Å². The van der Waals surface area contributed by atoms with Gasteiger partial charge in [0.2, 0.25) is 6.29 Å². The summed E-state index contributed by atoms with van der Waals surface area (Å²) < 4.78 is 11.1. The molecule has 0 unspecified atom stereocenters. The molecule has 0 radical (unpaired) electrons. The Morgan fingerprint density at radius 3 is 2.61 bits per heavy atom. The topological polar surface area (TPSA) is 123 Å². The van der Waals surface area contributed by atoms with Crippen molar-refractivity contribution in [2.75, 3.05) is 31.6 Å². The Balaban J connectivity index is 1.46. The lowest BCUT2D eigenvalue weighted by atomic mass is 9.95. The first-order valence-electron chi connectivity index (χ1n) is 11.1. The number of likely N-dealkylation sites (N-methyl/N-ethyl adjacent to an activating group) is 1. The maximum atomic E-state index is 11.4. The minimum atomic E-state index is -1.75. The molecule has 0 spiro atoms. The highest BCUT2D eigenvalue weighted by atomic mass is 16.7. The van der Waals surface area contributed by atoms with Gasteiger partial charge in [0.25, 0.3) is 0 Å². The van der Waals surface area contributed by atoms with Crippen LogP contribution in [0.4, 0.5) is 5.69 Å². The Bertz CT molecular complexity index is 1050. The number of hydrogen-bond donors (Lipinski definition) is 4. The molecule has 6 atom stereocenters. The number of carboxylic acid groups (broad SMARTS) is 1. The second-order valence-corrected chi connectivity index (χ2v) is 8.99. The molecule has 3 aliphatic rings. The van der Waals surface area contributed by atoms with E-state index in [1.54, 1.807) is 6.07 Å². The largest absolute Gasteiger partial charge is 0.479 e. The summed E-state index contributed by atoms with van der Waals surface area (Å²) in [4.78, 5) is 16.1. The number of anilines is 1. The Morgan fingerprint density at radius 1 is 1.03 bits per heavy atom. The van der Waals surface area contributed by atoms with Gasteiger partial charge in [-0.3, -0.25) is 0 Å². The zero-order valence-corrected chi connectivity index (χ0v) is 18.2. The van der Waals surface area contributed by atoms with Crippen LogP contribution >= 0.6 is 0 Å². The van der Waals surface area contributed by atoms with Gasteiger partial charge in [-0.1, -0.05) is 24.3 Å². The van der Waals surface area contributed by atoms with Crippen LogP contribution in [0.1, 0.15) is 22.7 Å². The number of carbonyl (C=O) groups is 1. The maximum Gasteiger partial charge on any atom is 0.335 e. The third-order valence-electron chi connectivity index (χ3n) is 6.80. The molecule has 9 heteroatoms. The number of benzene rings is 2. The van der Waals surface area contributed by atoms with E-state index >= 15 is 0 Å². The van der Waals surface area contributed by atoms with Crippen molar-refractivity contribution in [2.45, 2.75) is 43.2 Å². The Labute approximate surface area is 191 Å². The first-order chi connectivity index (χ1) is 15.8. The number of hydrogen-bond acceptors (Lipinski definition) is 8. The van der Waals surface area contributed by atoms with Crippen molar-refractivity contribution in [1.29, 1.82) is 0 Å². The molecule has 3 heterocycles. The third-order valence-corrected chi connectivity index (χ3v) is 6.80. The van der Waals surface area contributed by atoms with E-state index in [4.69, 9.17) is 9.47 Å². The Hall–Kier alpha value is -2.69. The number of aliphatic hydroxyl groups excluding tert-OH is 3. The molecule has 176 valence electrons. The van der Waals surface area contributed by atoms with Crippen LogP contribution in [0.3, 0.4) is 0 Å². The van der Waals surface area contributed by atoms with Gasteiger partial charge in [-0.15, -0.1) is 0 Å². The van der Waals surface area contributed by atoms with Gasteiger partial charge in [0, 0.05) is 25.3 Å². The maximum absolute atomic E-state index is 11.4. The first kappa shape index (κ1) is 22.1. The molecule has 2 aromatic rings. The van der Waals surface area contributed by atoms with Crippen LogP contribution in [0, 0.1) is 0 Å². The van der Waals surface area contributed by atoms with E-state index in [0.29, 0.717) is 12.2 Å². The van der Waals surface area contributed by atoms with E-state index in [9.17, 15) is 25.2 Å². The number of piperazine rings is 1. The second kappa shape index (κ2) is 8.58. The van der Waals surface area contributed by atoms with Crippen LogP contribution < -0.4 is 9.64 Å². The van der Waals surface area contributed by atoms with Gasteiger partial charge in [-0.25, -0.2) is 4.79 Å². The molecule has 0 aromatic heterocycles. The quantitative estimate of drug-likeness (QED) is 0.518. The predicted molar refractivity (Wildman–Crippen MR) is 118 cm³/mol. The van der Waals surface area contributed by atoms with E-state index in [-0.39, 0.29) is 6.04 Å². The van der Waals surface area contributed by atoms with Crippen LogP contribution in [0.5, 0.6) is 5.75 Å². The number of aliphatic hydroxyl groups is 3. The van der Waals surface area contributed by atoms with Crippen LogP contribution in [-0.2, 0) is 16.0 Å². The van der Waals surface area contributed by atoms with Crippen LogP contribution in [0.15, 0.2) is 42.5 Å². The summed E-state index contributed by atoms with van der Waals surface area (Å²) in [5.41, 5.74) is 4.70. The average molecular weight is 456 g/mol. The first-order valence-corrected chi connectivity index (χ1v) is 11.1. The van der Waals surface area contributed by atoms with Crippen LogP contribution in [0.25, 0.3) is 0 Å². The third kappa shape index (κ3) is 3.96. The molecular formula is C24H28N2O7. The van der Waals surface area contributed by atoms with Crippen molar-refractivity contribution >= 4 is 11.7 Å². The summed E-state index contributed by atoms with van der Waals surface area (Å²) in [7, 11) is 2.12. The van der Waals surface area contributed by atoms with Gasteiger partial charge in [-0.2, -0.15) is 0 Å². The van der Waals surface area contributed by atoms with Crippen LogP contribution in [-0.4, -0.2) is 88.7 Å². The molecule has 2 saturated heterocycles. The Morgan fingerprint density at radius 2 is 1.82 bits per heavy atom. The summed E-state index contributed by atoms with van der Waals surface area (Å²) >= 11 is 0. The molecule has 3 aliphatic heterocycles. The minimum absolute atomic E-state index is 0.182. The second-order valence-electron chi connectivity index (χ2n) is 8.99. The molecule has 0 amide bonds. The van der Waals surface area contributed by atoms with E-state index in [0.717, 1.165) is 25.2 Å². The summed E-state index contributed by atoms with van der Waals surface area (Å²) in [5, 5.41) is 39.5. The van der Waals surface area contributed by atoms with Crippen molar-refractivity contribution in [1.82, 2.24) is 4.90 Å². The molecule has 2 aromatic carbocycles. The number of para-hydroxylation sites is 1. The van der Waals surface area contributed by atoms with E-state index in [1.807, 2.05) is 18.2 Å². The molecule has 0 bridgehead atoms. The van der Waals surface area contributed by atoms with Crippen molar-refractivity contribution in [2.24, 2.45) is 0 Å². The monoisotopic (exact) mass is 456 g/mol. The number of fused-ring (bicyclic) bond motifs is 5. The highest BCUT2D eigenvalue weighted by Crippen LogP contribution is 2.40. The molecule has 0 aliphatic carbocycles. The van der Waals surface area contributed by atoms with Gasteiger partial charge < -0.3 is 39.7 Å². The lowest BCUT2D eigenvalue weighted by Gasteiger charge is -2.42. The molecule has 0 saturated carbocycles. The van der Waals surface area contributed by atoms with Crippen LogP contribution in [0.2, 0.25) is 0 Å². The zero-order chi connectivity index (χ0) is 23.3. The summed E-state index contributed by atoms with van der Waals surface area (Å²) in [6.45, 7) is 2.79. The zero-order valence-electron chi connectivity index (χ0n) is 18.2. The normalized spacial score (nSPS) is 31.7. The van der Waals surface area contributed by atoms with Gasteiger partial charge in [0.05, 0.1) is 6.04 Å². The van der Waals surface area contributed by atoms with E-state index in [1.165, 1.54) is 16.8 Å². The highest BCUT2D eigenvalue weighted by Gasteiger charge is 2.48. The van der Waals surface area contributed by atoms with Gasteiger partial charge >= 0.3 is 5.97 Å². The standard InChI is InChI=1S/C24H28N2O7/c1-25-8-9-26-17-5-3-2-4-13(17)10-14-11-15(6-7-16(14)18(26)12-25)32-24-21(29)19(27)20(28)22(33-24)23(30)31/h2-7,11,18-22,24,27-29H,8-10,12H2,1H3,(H,30,31)/t18-,19-,20-,21+,22-,24+/m0/s1. The number of nitrogens with zero attached hydrogens (tertiary/aromatic N) is 2. The predicted octanol–water partition coefficient (Wildman–Crippen LogP) is 0.355. The van der Waals surface area contributed by atoms with Crippen molar-refractivity contribution < 1.29 is 34.7 Å². The highest BCUT2D eigenvalue weighted by molar-refractivity contribution is 5.73. The number of ether oxygens (including phenoxy) is 2. The molecule has 2 fully saturated rings. The number of rotatable bonds is 3. The molecule has 4 N–H and O–H groups in total. The fourth-order valence-electron chi connectivity index (χ4n) is 5.04. The van der Waals surface area contributed by atoms with Crippen molar-refractivity contribution in [3.8, 4) is 5.75 Å². The summed E-state index contributed by atoms with van der Waals surface area (Å²) in [6.07, 6.45) is -7.49. The lowest BCUT2D eigenvalue weighted by Crippen LogP contribution is -2.61. The average Bonchev–Trinajstić information content (AvgIpc) is 2.93. The van der Waals surface area contributed by atoms with Crippen molar-refractivity contribution in [3.63, 3.8) is 0 Å². The molecule has 33 heavy (non-hydrogen) atoms. The summed E-state index contributed by atoms with van der Waals surface area (Å²) in [6, 6.07) is 14.2. The molecule has 5 rings (SSSR count). The van der Waals surface area contributed by atoms with Gasteiger partial charge in [0.15, 0.2) is 6.10 Å². The lowest BCUT2D eigenvalue weighted by molar-refractivity contribution is -0.271. The van der Waals surface area contributed by atoms with E-state index < -0.39 is 36.7 Å². The van der Waals surface area contributed by atoms with Gasteiger partial charge in [-0.05, 0) is 48.4 Å².